The third kappa shape index (κ3) is 3.10. The van der Waals surface area contributed by atoms with Crippen molar-refractivity contribution in [1.29, 1.82) is 0 Å². The Morgan fingerprint density at radius 3 is 2.89 bits per heavy atom. The highest BCUT2D eigenvalue weighted by atomic mass is 16.5. The van der Waals surface area contributed by atoms with E-state index in [-0.39, 0.29) is 5.54 Å². The maximum absolute atomic E-state index is 5.87. The van der Waals surface area contributed by atoms with Crippen LogP contribution in [0, 0.1) is 5.92 Å². The smallest absolute Gasteiger partial charge is 0.234 e. The van der Waals surface area contributed by atoms with Crippen molar-refractivity contribution in [3.8, 4) is 5.88 Å². The van der Waals surface area contributed by atoms with Crippen LogP contribution in [-0.4, -0.2) is 28.7 Å². The van der Waals surface area contributed by atoms with Gasteiger partial charge in [-0.05, 0) is 32.1 Å². The van der Waals surface area contributed by atoms with Gasteiger partial charge in [-0.25, -0.2) is 0 Å². The number of aromatic nitrogens is 2. The van der Waals surface area contributed by atoms with Gasteiger partial charge in [0.25, 0.3) is 0 Å². The summed E-state index contributed by atoms with van der Waals surface area (Å²) in [5.74, 6) is 1.95. The van der Waals surface area contributed by atoms with Crippen LogP contribution in [0.5, 0.6) is 5.88 Å². The summed E-state index contributed by atoms with van der Waals surface area (Å²) >= 11 is 0. The van der Waals surface area contributed by atoms with Gasteiger partial charge in [-0.2, -0.15) is 4.98 Å². The summed E-state index contributed by atoms with van der Waals surface area (Å²) in [4.78, 5) is 8.55. The highest BCUT2D eigenvalue weighted by Crippen LogP contribution is 2.40. The molecule has 0 bridgehead atoms. The maximum Gasteiger partial charge on any atom is 0.234 e. The lowest BCUT2D eigenvalue weighted by atomic mass is 9.96. The molecule has 3 N–H and O–H groups in total. The van der Waals surface area contributed by atoms with E-state index in [0.717, 1.165) is 12.2 Å². The molecule has 1 aliphatic rings. The Balaban J connectivity index is 2.03. The molecule has 18 heavy (non-hydrogen) atoms. The molecular weight excluding hydrogens is 228 g/mol. The highest BCUT2D eigenvalue weighted by Gasteiger charge is 2.40. The number of anilines is 1. The first-order chi connectivity index (χ1) is 8.68. The van der Waals surface area contributed by atoms with Crippen LogP contribution in [-0.2, 0) is 0 Å². The minimum Gasteiger partial charge on any atom is -0.477 e. The van der Waals surface area contributed by atoms with Crippen LogP contribution in [0.1, 0.15) is 33.1 Å². The number of ether oxygens (including phenoxy) is 1. The largest absolute Gasteiger partial charge is 0.477 e. The predicted molar refractivity (Wildman–Crippen MR) is 71.6 cm³/mol. The van der Waals surface area contributed by atoms with E-state index >= 15 is 0 Å². The van der Waals surface area contributed by atoms with E-state index in [2.05, 4.69) is 29.1 Å². The molecule has 1 unspecified atom stereocenters. The van der Waals surface area contributed by atoms with Crippen LogP contribution in [0.15, 0.2) is 12.4 Å². The van der Waals surface area contributed by atoms with E-state index in [1.165, 1.54) is 12.8 Å². The molecular formula is C13H22N4O. The summed E-state index contributed by atoms with van der Waals surface area (Å²) in [5.41, 5.74) is 5.79. The minimum absolute atomic E-state index is 0.0853. The molecule has 1 fully saturated rings. The Morgan fingerprint density at radius 2 is 2.28 bits per heavy atom. The standard InChI is InChI=1S/C13H22N4O/c1-3-6-18-12-8-15-7-11(16-12)17-13(2,9-14)10-4-5-10/h7-8,10H,3-6,9,14H2,1-2H3,(H,16,17). The summed E-state index contributed by atoms with van der Waals surface area (Å²) in [5, 5.41) is 3.41. The molecule has 0 radical (unpaired) electrons. The van der Waals surface area contributed by atoms with Gasteiger partial charge in [0, 0.05) is 6.54 Å². The third-order valence-electron chi connectivity index (χ3n) is 3.38. The Labute approximate surface area is 108 Å². The van der Waals surface area contributed by atoms with Crippen molar-refractivity contribution in [2.24, 2.45) is 11.7 Å². The van der Waals surface area contributed by atoms with Crippen LogP contribution in [0.4, 0.5) is 5.82 Å². The molecule has 5 nitrogen and oxygen atoms in total. The molecule has 1 aromatic rings. The lowest BCUT2D eigenvalue weighted by molar-refractivity contribution is 0.304. The first-order valence-corrected chi connectivity index (χ1v) is 6.61. The highest BCUT2D eigenvalue weighted by molar-refractivity contribution is 5.38. The zero-order chi connectivity index (χ0) is 13.0. The summed E-state index contributed by atoms with van der Waals surface area (Å²) in [7, 11) is 0. The van der Waals surface area contributed by atoms with Crippen LogP contribution < -0.4 is 15.8 Å². The minimum atomic E-state index is -0.0853. The second-order valence-corrected chi connectivity index (χ2v) is 5.11. The van der Waals surface area contributed by atoms with Crippen molar-refractivity contribution in [2.45, 2.75) is 38.6 Å². The third-order valence-corrected chi connectivity index (χ3v) is 3.38. The van der Waals surface area contributed by atoms with E-state index in [1.807, 2.05) is 0 Å². The zero-order valence-corrected chi connectivity index (χ0v) is 11.1. The second kappa shape index (κ2) is 5.52. The normalized spacial score (nSPS) is 18.2. The molecule has 2 rings (SSSR count). The molecule has 0 aromatic carbocycles. The Kier molecular flexibility index (Phi) is 4.01. The average Bonchev–Trinajstić information content (AvgIpc) is 3.21. The topological polar surface area (TPSA) is 73.1 Å². The van der Waals surface area contributed by atoms with Gasteiger partial charge in [0.15, 0.2) is 0 Å². The fourth-order valence-electron chi connectivity index (χ4n) is 2.02. The quantitative estimate of drug-likeness (QED) is 0.772. The lowest BCUT2D eigenvalue weighted by Gasteiger charge is -2.30. The number of nitrogens with one attached hydrogen (secondary N) is 1. The van der Waals surface area contributed by atoms with Crippen molar-refractivity contribution in [3.63, 3.8) is 0 Å². The van der Waals surface area contributed by atoms with Gasteiger partial charge >= 0.3 is 0 Å². The van der Waals surface area contributed by atoms with Gasteiger partial charge in [0.05, 0.1) is 24.5 Å². The van der Waals surface area contributed by atoms with E-state index in [4.69, 9.17) is 10.5 Å². The fraction of sp³-hybridized carbons (Fsp3) is 0.692. The van der Waals surface area contributed by atoms with Crippen LogP contribution >= 0.6 is 0 Å². The van der Waals surface area contributed by atoms with E-state index in [9.17, 15) is 0 Å². The summed E-state index contributed by atoms with van der Waals surface area (Å²) < 4.78 is 5.48. The second-order valence-electron chi connectivity index (χ2n) is 5.11. The van der Waals surface area contributed by atoms with Gasteiger partial charge in [-0.15, -0.1) is 0 Å². The Morgan fingerprint density at radius 1 is 1.50 bits per heavy atom. The van der Waals surface area contributed by atoms with Gasteiger partial charge in [-0.1, -0.05) is 6.92 Å². The Bertz CT molecular complexity index is 394. The SMILES string of the molecule is CCCOc1cncc(NC(C)(CN)C2CC2)n1. The molecule has 1 atom stereocenters. The lowest BCUT2D eigenvalue weighted by Crippen LogP contribution is -2.44. The number of nitrogens with two attached hydrogens (primary N) is 1. The van der Waals surface area contributed by atoms with E-state index in [1.54, 1.807) is 12.4 Å². The zero-order valence-electron chi connectivity index (χ0n) is 11.1. The molecule has 1 aromatic heterocycles. The number of hydrogen-bond donors (Lipinski definition) is 2. The number of rotatable bonds is 7. The predicted octanol–water partition coefficient (Wildman–Crippen LogP) is 1.80. The van der Waals surface area contributed by atoms with Crippen LogP contribution in [0.2, 0.25) is 0 Å². The van der Waals surface area contributed by atoms with Gasteiger partial charge in [-0.3, -0.25) is 4.98 Å². The Hall–Kier alpha value is -1.36. The molecule has 0 amide bonds. The first-order valence-electron chi connectivity index (χ1n) is 6.61. The molecule has 1 saturated carbocycles. The molecule has 1 aliphatic carbocycles. The average molecular weight is 250 g/mol. The molecule has 0 spiro atoms. The van der Waals surface area contributed by atoms with Crippen molar-refractivity contribution in [1.82, 2.24) is 9.97 Å². The van der Waals surface area contributed by atoms with Crippen LogP contribution in [0.3, 0.4) is 0 Å². The molecule has 100 valence electrons. The van der Waals surface area contributed by atoms with Crippen molar-refractivity contribution < 1.29 is 4.74 Å². The molecule has 1 heterocycles. The van der Waals surface area contributed by atoms with Crippen molar-refractivity contribution in [2.75, 3.05) is 18.5 Å². The molecule has 0 saturated heterocycles. The fourth-order valence-corrected chi connectivity index (χ4v) is 2.02. The number of nitrogens with zero attached hydrogens (tertiary/aromatic N) is 2. The molecule has 0 aliphatic heterocycles. The summed E-state index contributed by atoms with van der Waals surface area (Å²) in [6, 6.07) is 0. The van der Waals surface area contributed by atoms with Gasteiger partial charge < -0.3 is 15.8 Å². The van der Waals surface area contributed by atoms with Crippen molar-refractivity contribution in [3.05, 3.63) is 12.4 Å². The monoisotopic (exact) mass is 250 g/mol. The van der Waals surface area contributed by atoms with Gasteiger partial charge in [0.2, 0.25) is 5.88 Å². The van der Waals surface area contributed by atoms with Gasteiger partial charge in [0.1, 0.15) is 5.82 Å². The van der Waals surface area contributed by atoms with E-state index < -0.39 is 0 Å². The van der Waals surface area contributed by atoms with Crippen LogP contribution in [0.25, 0.3) is 0 Å². The number of hydrogen-bond acceptors (Lipinski definition) is 5. The summed E-state index contributed by atoms with van der Waals surface area (Å²) in [6.07, 6.45) is 6.79. The maximum atomic E-state index is 5.87. The van der Waals surface area contributed by atoms with Crippen molar-refractivity contribution >= 4 is 5.82 Å². The first kappa shape index (κ1) is 13.1. The summed E-state index contributed by atoms with van der Waals surface area (Å²) in [6.45, 7) is 5.47. The van der Waals surface area contributed by atoms with E-state index in [0.29, 0.717) is 24.9 Å². The molecule has 5 heteroatoms.